The van der Waals surface area contributed by atoms with E-state index in [9.17, 15) is 23.3 Å². The number of hydrogen-bond acceptors (Lipinski definition) is 7. The molecule has 30 heavy (non-hydrogen) atoms. The van der Waals surface area contributed by atoms with Crippen LogP contribution in [0.2, 0.25) is 0 Å². The fourth-order valence-electron chi connectivity index (χ4n) is 3.62. The summed E-state index contributed by atoms with van der Waals surface area (Å²) >= 11 is 0. The van der Waals surface area contributed by atoms with Crippen LogP contribution in [0.4, 0.5) is 10.5 Å². The summed E-state index contributed by atoms with van der Waals surface area (Å²) in [6, 6.07) is 13.0. The number of non-ortho nitro benzene ring substituents is 1. The minimum atomic E-state index is -4.07. The average molecular weight is 430 g/mol. The number of carbonyl (C=O) groups is 1. The number of ether oxygens (including phenoxy) is 2. The molecule has 0 saturated carbocycles. The third-order valence-electron chi connectivity index (χ3n) is 5.08. The molecule has 4 rings (SSSR count). The normalized spacial score (nSPS) is 23.0. The van der Waals surface area contributed by atoms with Crippen molar-refractivity contribution in [1.29, 1.82) is 0 Å². The maximum absolute atomic E-state index is 13.5. The van der Waals surface area contributed by atoms with Crippen LogP contribution in [0, 0.1) is 10.1 Å². The molecular formula is C20H18N2O7S. The molecule has 2 aromatic rings. The van der Waals surface area contributed by atoms with Crippen LogP contribution in [0.3, 0.4) is 0 Å². The van der Waals surface area contributed by atoms with E-state index in [0.29, 0.717) is 6.42 Å². The highest BCUT2D eigenvalue weighted by Crippen LogP contribution is 2.33. The van der Waals surface area contributed by atoms with Crippen molar-refractivity contribution < 1.29 is 27.6 Å². The summed E-state index contributed by atoms with van der Waals surface area (Å²) in [5, 5.41) is 10.9. The maximum Gasteiger partial charge on any atom is 0.509 e. The van der Waals surface area contributed by atoms with Gasteiger partial charge in [0, 0.05) is 18.7 Å². The molecule has 1 saturated heterocycles. The quantitative estimate of drug-likeness (QED) is 0.299. The molecule has 2 aliphatic rings. The van der Waals surface area contributed by atoms with E-state index in [-0.39, 0.29) is 17.1 Å². The van der Waals surface area contributed by atoms with E-state index in [2.05, 4.69) is 0 Å². The molecule has 2 aromatic carbocycles. The van der Waals surface area contributed by atoms with Crippen molar-refractivity contribution in [3.05, 3.63) is 82.4 Å². The van der Waals surface area contributed by atoms with Crippen molar-refractivity contribution in [2.24, 2.45) is 0 Å². The van der Waals surface area contributed by atoms with Gasteiger partial charge >= 0.3 is 6.16 Å². The summed E-state index contributed by atoms with van der Waals surface area (Å²) in [5.41, 5.74) is 0.543. The van der Waals surface area contributed by atoms with Crippen molar-refractivity contribution in [3.8, 4) is 0 Å². The minimum absolute atomic E-state index is 0.0411. The second-order valence-corrected chi connectivity index (χ2v) is 8.82. The standard InChI is InChI=1S/C20H18N2O7S/c23-20-28-18-8-4-7-17(19(18)29-20)21(13-14-5-2-1-3-6-14)30(26,27)16-11-9-15(10-12-16)22(24)25/h1-6,8-12,17-19H,7,13H2/t17-,18+,19-/m0/s1. The highest BCUT2D eigenvalue weighted by molar-refractivity contribution is 7.89. The number of nitro benzene ring substituents is 1. The Bertz CT molecular complexity index is 1080. The molecule has 156 valence electrons. The number of fused-ring (bicyclic) bond motifs is 1. The molecule has 0 amide bonds. The molecule has 1 aliphatic heterocycles. The van der Waals surface area contributed by atoms with Crippen LogP contribution >= 0.6 is 0 Å². The first-order chi connectivity index (χ1) is 14.4. The number of nitrogens with zero attached hydrogens (tertiary/aromatic N) is 2. The van der Waals surface area contributed by atoms with Crippen LogP contribution in [-0.4, -0.2) is 42.1 Å². The van der Waals surface area contributed by atoms with Crippen molar-refractivity contribution in [1.82, 2.24) is 4.31 Å². The van der Waals surface area contributed by atoms with Crippen LogP contribution in [0.25, 0.3) is 0 Å². The molecular weight excluding hydrogens is 412 g/mol. The first-order valence-electron chi connectivity index (χ1n) is 9.20. The molecule has 0 spiro atoms. The van der Waals surface area contributed by atoms with Crippen LogP contribution in [-0.2, 0) is 26.0 Å². The van der Waals surface area contributed by atoms with E-state index < -0.39 is 39.4 Å². The molecule has 0 unspecified atom stereocenters. The topological polar surface area (TPSA) is 116 Å². The zero-order valence-corrected chi connectivity index (χ0v) is 16.5. The predicted molar refractivity (Wildman–Crippen MR) is 105 cm³/mol. The largest absolute Gasteiger partial charge is 0.509 e. The first kappa shape index (κ1) is 20.0. The number of rotatable bonds is 6. The number of carbonyl (C=O) groups excluding carboxylic acids is 1. The molecule has 3 atom stereocenters. The second kappa shape index (κ2) is 7.88. The van der Waals surface area contributed by atoms with Gasteiger partial charge in [-0.1, -0.05) is 36.4 Å². The SMILES string of the molecule is O=C1O[C@@H]2[C@@H](C=CC[C@@H]2N(Cc2ccccc2)S(=O)(=O)c2ccc([N+](=O)[O-])cc2)O1. The van der Waals surface area contributed by atoms with Gasteiger partial charge in [-0.2, -0.15) is 4.31 Å². The van der Waals surface area contributed by atoms with E-state index >= 15 is 0 Å². The second-order valence-electron chi connectivity index (χ2n) is 6.93. The Morgan fingerprint density at radius 1 is 1.07 bits per heavy atom. The molecule has 0 aromatic heterocycles. The summed E-state index contributed by atoms with van der Waals surface area (Å²) in [5.74, 6) is 0. The molecule has 10 heteroatoms. The number of sulfonamides is 1. The molecule has 9 nitrogen and oxygen atoms in total. The van der Waals surface area contributed by atoms with Gasteiger partial charge < -0.3 is 9.47 Å². The van der Waals surface area contributed by atoms with Gasteiger partial charge in [0.15, 0.2) is 12.2 Å². The monoisotopic (exact) mass is 430 g/mol. The zero-order valence-electron chi connectivity index (χ0n) is 15.7. The van der Waals surface area contributed by atoms with Gasteiger partial charge in [0.25, 0.3) is 5.69 Å². The van der Waals surface area contributed by atoms with E-state index in [1.165, 1.54) is 16.4 Å². The fraction of sp³-hybridized carbons (Fsp3) is 0.250. The number of nitro groups is 1. The van der Waals surface area contributed by atoms with E-state index in [0.717, 1.165) is 17.7 Å². The molecule has 1 heterocycles. The Morgan fingerprint density at radius 3 is 2.43 bits per heavy atom. The number of hydrogen-bond donors (Lipinski definition) is 0. The summed E-state index contributed by atoms with van der Waals surface area (Å²) in [7, 11) is -4.07. The smallest absolute Gasteiger partial charge is 0.425 e. The zero-order chi connectivity index (χ0) is 21.3. The average Bonchev–Trinajstić information content (AvgIpc) is 3.13. The minimum Gasteiger partial charge on any atom is -0.425 e. The van der Waals surface area contributed by atoms with Crippen LogP contribution < -0.4 is 0 Å². The highest BCUT2D eigenvalue weighted by Gasteiger charge is 2.47. The molecule has 1 aliphatic carbocycles. The third kappa shape index (κ3) is 3.79. The Balaban J connectivity index is 1.74. The van der Waals surface area contributed by atoms with Gasteiger partial charge in [-0.15, -0.1) is 0 Å². The summed E-state index contributed by atoms with van der Waals surface area (Å²) in [6.07, 6.45) is 1.49. The van der Waals surface area contributed by atoms with Crippen molar-refractivity contribution in [2.45, 2.75) is 36.1 Å². The van der Waals surface area contributed by atoms with Crippen molar-refractivity contribution in [3.63, 3.8) is 0 Å². The fourth-order valence-corrected chi connectivity index (χ4v) is 5.25. The van der Waals surface area contributed by atoms with Gasteiger partial charge in [-0.05, 0) is 30.2 Å². The highest BCUT2D eigenvalue weighted by atomic mass is 32.2. The molecule has 0 bridgehead atoms. The molecule has 0 radical (unpaired) electrons. The van der Waals surface area contributed by atoms with Gasteiger partial charge in [0.05, 0.1) is 15.9 Å². The lowest BCUT2D eigenvalue weighted by molar-refractivity contribution is -0.384. The van der Waals surface area contributed by atoms with Gasteiger partial charge in [-0.25, -0.2) is 13.2 Å². The van der Waals surface area contributed by atoms with Gasteiger partial charge in [-0.3, -0.25) is 10.1 Å². The predicted octanol–water partition coefficient (Wildman–Crippen LogP) is 3.02. The lowest BCUT2D eigenvalue weighted by Gasteiger charge is -2.35. The van der Waals surface area contributed by atoms with E-state index in [4.69, 9.17) is 9.47 Å². The Kier molecular flexibility index (Phi) is 5.27. The Morgan fingerprint density at radius 2 is 1.77 bits per heavy atom. The third-order valence-corrected chi connectivity index (χ3v) is 6.96. The molecule has 1 fully saturated rings. The maximum atomic E-state index is 13.5. The lowest BCUT2D eigenvalue weighted by Crippen LogP contribution is -2.50. The van der Waals surface area contributed by atoms with Crippen molar-refractivity contribution >= 4 is 21.9 Å². The van der Waals surface area contributed by atoms with E-state index in [1.54, 1.807) is 36.4 Å². The van der Waals surface area contributed by atoms with E-state index in [1.807, 2.05) is 6.07 Å². The first-order valence-corrected chi connectivity index (χ1v) is 10.6. The van der Waals surface area contributed by atoms with Crippen LogP contribution in [0.1, 0.15) is 12.0 Å². The summed E-state index contributed by atoms with van der Waals surface area (Å²) < 4.78 is 38.7. The molecule has 0 N–H and O–H groups in total. The summed E-state index contributed by atoms with van der Waals surface area (Å²) in [4.78, 5) is 21.9. The van der Waals surface area contributed by atoms with Gasteiger partial charge in [0.2, 0.25) is 10.0 Å². The van der Waals surface area contributed by atoms with Crippen LogP contribution in [0.15, 0.2) is 71.6 Å². The van der Waals surface area contributed by atoms with Gasteiger partial charge in [0.1, 0.15) is 0 Å². The Labute approximate surface area is 172 Å². The van der Waals surface area contributed by atoms with Crippen LogP contribution in [0.5, 0.6) is 0 Å². The summed E-state index contributed by atoms with van der Waals surface area (Å²) in [6.45, 7) is 0.0411. The van der Waals surface area contributed by atoms with Crippen molar-refractivity contribution in [2.75, 3.05) is 0 Å². The number of benzene rings is 2. The Hall–Kier alpha value is -3.24. The lowest BCUT2D eigenvalue weighted by atomic mass is 9.96.